The molecule has 2 atom stereocenters. The van der Waals surface area contributed by atoms with Gasteiger partial charge in [0.25, 0.3) is 0 Å². The molecular weight excluding hydrogens is 238 g/mol. The summed E-state index contributed by atoms with van der Waals surface area (Å²) >= 11 is 0. The zero-order valence-electron chi connectivity index (χ0n) is 13.3. The summed E-state index contributed by atoms with van der Waals surface area (Å²) in [4.78, 5) is 0. The Labute approximate surface area is 117 Å². The lowest BCUT2D eigenvalue weighted by Crippen LogP contribution is -2.29. The van der Waals surface area contributed by atoms with Crippen molar-refractivity contribution >= 4 is 0 Å². The molecule has 3 heteroatoms. The van der Waals surface area contributed by atoms with E-state index >= 15 is 0 Å². The summed E-state index contributed by atoms with van der Waals surface area (Å²) in [7, 11) is 1.76. The molecule has 3 nitrogen and oxygen atoms in total. The summed E-state index contributed by atoms with van der Waals surface area (Å²) in [6.45, 7) is 12.6. The number of furan rings is 1. The molecule has 0 fully saturated rings. The minimum Gasteiger partial charge on any atom is -0.466 e. The highest BCUT2D eigenvalue weighted by Gasteiger charge is 2.25. The molecule has 0 radical (unpaired) electrons. The maximum Gasteiger partial charge on any atom is 0.106 e. The van der Waals surface area contributed by atoms with Crippen LogP contribution in [0.1, 0.15) is 55.4 Å². The Hall–Kier alpha value is -0.800. The summed E-state index contributed by atoms with van der Waals surface area (Å²) in [6.07, 6.45) is 2.20. The first-order valence-electron chi connectivity index (χ1n) is 7.31. The molecule has 1 aromatic rings. The monoisotopic (exact) mass is 267 g/mol. The number of hydrogen-bond donors (Lipinski definition) is 1. The smallest absolute Gasteiger partial charge is 0.106 e. The largest absolute Gasteiger partial charge is 0.466 e. The van der Waals surface area contributed by atoms with E-state index in [1.807, 2.05) is 6.92 Å². The van der Waals surface area contributed by atoms with Gasteiger partial charge in [-0.1, -0.05) is 13.8 Å². The fourth-order valence-corrected chi connectivity index (χ4v) is 2.63. The Kier molecular flexibility index (Phi) is 6.59. The first-order valence-corrected chi connectivity index (χ1v) is 7.31. The molecule has 0 aliphatic carbocycles. The fraction of sp³-hybridized carbons (Fsp3) is 0.750. The highest BCUT2D eigenvalue weighted by Crippen LogP contribution is 2.32. The Morgan fingerprint density at radius 1 is 1.21 bits per heavy atom. The number of ether oxygens (including phenoxy) is 1. The molecular formula is C16H29NO2. The summed E-state index contributed by atoms with van der Waals surface area (Å²) in [6, 6.07) is 0.354. The summed E-state index contributed by atoms with van der Waals surface area (Å²) in [5.41, 5.74) is 2.63. The van der Waals surface area contributed by atoms with E-state index < -0.39 is 0 Å². The Morgan fingerprint density at radius 3 is 2.37 bits per heavy atom. The molecule has 0 aliphatic rings. The second kappa shape index (κ2) is 7.71. The van der Waals surface area contributed by atoms with Gasteiger partial charge in [-0.3, -0.25) is 0 Å². The van der Waals surface area contributed by atoms with Gasteiger partial charge in [0.15, 0.2) is 0 Å². The second-order valence-electron chi connectivity index (χ2n) is 5.44. The van der Waals surface area contributed by atoms with Crippen LogP contribution in [0.25, 0.3) is 0 Å². The Bertz CT molecular complexity index is 384. The maximum atomic E-state index is 5.79. The van der Waals surface area contributed by atoms with Crippen molar-refractivity contribution in [1.29, 1.82) is 0 Å². The van der Waals surface area contributed by atoms with Gasteiger partial charge in [-0.05, 0) is 51.6 Å². The first-order chi connectivity index (χ1) is 9.02. The van der Waals surface area contributed by atoms with E-state index in [2.05, 4.69) is 33.0 Å². The van der Waals surface area contributed by atoms with Crippen LogP contribution < -0.4 is 5.32 Å². The molecule has 1 rings (SSSR count). The van der Waals surface area contributed by atoms with Gasteiger partial charge in [0.05, 0.1) is 0 Å². The molecule has 0 saturated heterocycles. The molecule has 0 saturated carbocycles. The average Bonchev–Trinajstić information content (AvgIpc) is 2.63. The van der Waals surface area contributed by atoms with E-state index in [0.717, 1.165) is 37.5 Å². The van der Waals surface area contributed by atoms with Crippen molar-refractivity contribution in [3.63, 3.8) is 0 Å². The third kappa shape index (κ3) is 4.08. The van der Waals surface area contributed by atoms with Gasteiger partial charge in [0.2, 0.25) is 0 Å². The fourth-order valence-electron chi connectivity index (χ4n) is 2.63. The van der Waals surface area contributed by atoms with Crippen molar-refractivity contribution in [2.75, 3.05) is 20.3 Å². The number of hydrogen-bond acceptors (Lipinski definition) is 3. The lowest BCUT2D eigenvalue weighted by molar-refractivity contribution is 0.170. The van der Waals surface area contributed by atoms with Crippen molar-refractivity contribution in [3.8, 4) is 0 Å². The average molecular weight is 267 g/mol. The molecule has 0 bridgehead atoms. The number of aryl methyl sites for hydroxylation is 2. The molecule has 0 spiro atoms. The van der Waals surface area contributed by atoms with E-state index in [4.69, 9.17) is 9.15 Å². The molecule has 19 heavy (non-hydrogen) atoms. The first kappa shape index (κ1) is 16.3. The van der Waals surface area contributed by atoms with E-state index in [1.165, 1.54) is 11.1 Å². The van der Waals surface area contributed by atoms with Crippen molar-refractivity contribution in [1.82, 2.24) is 5.32 Å². The molecule has 0 aromatic carbocycles. The summed E-state index contributed by atoms with van der Waals surface area (Å²) in [5.74, 6) is 2.61. The van der Waals surface area contributed by atoms with Gasteiger partial charge >= 0.3 is 0 Å². The van der Waals surface area contributed by atoms with Crippen molar-refractivity contribution in [2.45, 2.75) is 53.5 Å². The number of methoxy groups -OCH3 is 1. The molecule has 110 valence electrons. The van der Waals surface area contributed by atoms with Crippen LogP contribution in [0.5, 0.6) is 0 Å². The van der Waals surface area contributed by atoms with Crippen LogP contribution in [0.15, 0.2) is 4.42 Å². The minimum atomic E-state index is 0.354. The van der Waals surface area contributed by atoms with Gasteiger partial charge < -0.3 is 14.5 Å². The summed E-state index contributed by atoms with van der Waals surface area (Å²) in [5, 5.41) is 3.67. The predicted octanol–water partition coefficient (Wildman–Crippen LogP) is 3.92. The molecule has 0 amide bonds. The number of nitrogens with one attached hydrogen (secondary N) is 1. The van der Waals surface area contributed by atoms with Crippen molar-refractivity contribution in [2.24, 2.45) is 5.92 Å². The van der Waals surface area contributed by atoms with Crippen LogP contribution in [0.3, 0.4) is 0 Å². The van der Waals surface area contributed by atoms with E-state index in [9.17, 15) is 0 Å². The lowest BCUT2D eigenvalue weighted by Gasteiger charge is -2.26. The Morgan fingerprint density at radius 2 is 1.89 bits per heavy atom. The van der Waals surface area contributed by atoms with Gasteiger partial charge in [0, 0.05) is 25.3 Å². The quantitative estimate of drug-likeness (QED) is 0.775. The second-order valence-corrected chi connectivity index (χ2v) is 5.44. The highest BCUT2D eigenvalue weighted by atomic mass is 16.5. The third-order valence-electron chi connectivity index (χ3n) is 3.89. The lowest BCUT2D eigenvalue weighted by atomic mass is 9.89. The highest BCUT2D eigenvalue weighted by molar-refractivity contribution is 5.34. The zero-order chi connectivity index (χ0) is 14.4. The summed E-state index contributed by atoms with van der Waals surface area (Å²) < 4.78 is 11.0. The standard InChI is InChI=1S/C16H29NO2/c1-7-9-17-16(11(2)8-10-18-6)15-12(3)13(4)19-14(15)5/h11,16-17H,7-10H2,1-6H3. The van der Waals surface area contributed by atoms with Gasteiger partial charge in [-0.2, -0.15) is 0 Å². The Balaban J connectivity index is 2.94. The van der Waals surface area contributed by atoms with Crippen LogP contribution in [-0.2, 0) is 4.74 Å². The number of rotatable bonds is 8. The van der Waals surface area contributed by atoms with Gasteiger partial charge in [-0.15, -0.1) is 0 Å². The molecule has 1 N–H and O–H groups in total. The molecule has 0 aliphatic heterocycles. The van der Waals surface area contributed by atoms with E-state index in [1.54, 1.807) is 7.11 Å². The van der Waals surface area contributed by atoms with E-state index in [-0.39, 0.29) is 0 Å². The van der Waals surface area contributed by atoms with Crippen LogP contribution in [0.2, 0.25) is 0 Å². The third-order valence-corrected chi connectivity index (χ3v) is 3.89. The van der Waals surface area contributed by atoms with Crippen LogP contribution in [0, 0.1) is 26.7 Å². The predicted molar refractivity (Wildman–Crippen MR) is 79.6 cm³/mol. The maximum absolute atomic E-state index is 5.79. The van der Waals surface area contributed by atoms with Gasteiger partial charge in [0.1, 0.15) is 11.5 Å². The van der Waals surface area contributed by atoms with E-state index in [0.29, 0.717) is 12.0 Å². The van der Waals surface area contributed by atoms with Crippen molar-refractivity contribution < 1.29 is 9.15 Å². The van der Waals surface area contributed by atoms with Crippen LogP contribution in [-0.4, -0.2) is 20.3 Å². The molecule has 1 heterocycles. The topological polar surface area (TPSA) is 34.4 Å². The zero-order valence-corrected chi connectivity index (χ0v) is 13.3. The molecule has 1 aromatic heterocycles. The van der Waals surface area contributed by atoms with Crippen molar-refractivity contribution in [3.05, 3.63) is 22.6 Å². The minimum absolute atomic E-state index is 0.354. The van der Waals surface area contributed by atoms with Gasteiger partial charge in [-0.25, -0.2) is 0 Å². The normalized spacial score (nSPS) is 14.6. The van der Waals surface area contributed by atoms with Crippen LogP contribution >= 0.6 is 0 Å². The SMILES string of the molecule is CCCNC(c1c(C)oc(C)c1C)C(C)CCOC. The molecule has 2 unspecified atom stereocenters. The van der Waals surface area contributed by atoms with Crippen LogP contribution in [0.4, 0.5) is 0 Å².